The van der Waals surface area contributed by atoms with E-state index < -0.39 is 11.9 Å². The van der Waals surface area contributed by atoms with Crippen LogP contribution in [0.4, 0.5) is 0 Å². The zero-order valence-corrected chi connectivity index (χ0v) is 10.8. The van der Waals surface area contributed by atoms with Gasteiger partial charge in [-0.1, -0.05) is 6.07 Å². The van der Waals surface area contributed by atoms with E-state index in [4.69, 9.17) is 0 Å². The lowest BCUT2D eigenvalue weighted by Crippen LogP contribution is -2.28. The third-order valence-corrected chi connectivity index (χ3v) is 3.65. The van der Waals surface area contributed by atoms with Gasteiger partial charge < -0.3 is 15.5 Å². The Labute approximate surface area is 111 Å². The van der Waals surface area contributed by atoms with Gasteiger partial charge in [-0.2, -0.15) is 0 Å². The Bertz CT molecular complexity index is 518. The molecule has 3 N–H and O–H groups in total. The first-order valence-corrected chi connectivity index (χ1v) is 6.33. The first-order chi connectivity index (χ1) is 9.02. The zero-order chi connectivity index (χ0) is 14.0. The highest BCUT2D eigenvalue weighted by molar-refractivity contribution is 5.98. The van der Waals surface area contributed by atoms with E-state index in [9.17, 15) is 19.8 Å². The van der Waals surface area contributed by atoms with Crippen molar-refractivity contribution in [1.29, 1.82) is 0 Å². The highest BCUT2D eigenvalue weighted by Gasteiger charge is 2.27. The van der Waals surface area contributed by atoms with Crippen molar-refractivity contribution >= 4 is 11.9 Å². The molecular formula is C14H17NO4. The number of piperidine rings is 1. The van der Waals surface area contributed by atoms with Crippen LogP contribution in [0.25, 0.3) is 0 Å². The summed E-state index contributed by atoms with van der Waals surface area (Å²) >= 11 is 0. The van der Waals surface area contributed by atoms with Crippen molar-refractivity contribution in [2.24, 2.45) is 0 Å². The number of benzene rings is 1. The molecule has 1 aromatic rings. The smallest absolute Gasteiger partial charge is 0.336 e. The van der Waals surface area contributed by atoms with E-state index in [2.05, 4.69) is 5.32 Å². The quantitative estimate of drug-likeness (QED) is 0.774. The fourth-order valence-electron chi connectivity index (χ4n) is 2.73. The molecule has 5 heteroatoms. The number of carboxylic acids is 2. The van der Waals surface area contributed by atoms with E-state index in [0.717, 1.165) is 25.9 Å². The summed E-state index contributed by atoms with van der Waals surface area (Å²) < 4.78 is 0. The Hall–Kier alpha value is -1.88. The maximum atomic E-state index is 11.5. The summed E-state index contributed by atoms with van der Waals surface area (Å²) in [7, 11) is 0. The molecule has 0 aromatic heterocycles. The van der Waals surface area contributed by atoms with Gasteiger partial charge in [-0.25, -0.2) is 9.59 Å². The van der Waals surface area contributed by atoms with Gasteiger partial charge in [-0.3, -0.25) is 0 Å². The molecule has 1 fully saturated rings. The number of carbonyl (C=O) groups is 2. The molecule has 0 aliphatic carbocycles. The summed E-state index contributed by atoms with van der Waals surface area (Å²) in [6.45, 7) is 3.28. The second-order valence-electron chi connectivity index (χ2n) is 4.85. The summed E-state index contributed by atoms with van der Waals surface area (Å²) in [6, 6.07) is 3.08. The first kappa shape index (κ1) is 13.5. The Morgan fingerprint density at radius 3 is 2.32 bits per heavy atom. The molecule has 1 aromatic carbocycles. The molecule has 0 spiro atoms. The van der Waals surface area contributed by atoms with Crippen LogP contribution in [-0.4, -0.2) is 35.2 Å². The molecule has 0 radical (unpaired) electrons. The number of aryl methyl sites for hydroxylation is 1. The number of hydrogen-bond acceptors (Lipinski definition) is 3. The van der Waals surface area contributed by atoms with Gasteiger partial charge in [0.2, 0.25) is 0 Å². The molecule has 5 nitrogen and oxygen atoms in total. The maximum absolute atomic E-state index is 11.5. The van der Waals surface area contributed by atoms with Gasteiger partial charge in [-0.05, 0) is 56.0 Å². The van der Waals surface area contributed by atoms with E-state index in [1.807, 2.05) is 0 Å². The lowest BCUT2D eigenvalue weighted by molar-refractivity contribution is 0.0693. The molecule has 1 aliphatic heterocycles. The van der Waals surface area contributed by atoms with Crippen LogP contribution in [-0.2, 0) is 0 Å². The van der Waals surface area contributed by atoms with Gasteiger partial charge in [0.1, 0.15) is 0 Å². The molecule has 1 heterocycles. The summed E-state index contributed by atoms with van der Waals surface area (Å²) in [5.41, 5.74) is 1.38. The van der Waals surface area contributed by atoms with Crippen LogP contribution in [0, 0.1) is 6.92 Å². The van der Waals surface area contributed by atoms with Crippen LogP contribution in [0.3, 0.4) is 0 Å². The lowest BCUT2D eigenvalue weighted by Gasteiger charge is -2.26. The van der Waals surface area contributed by atoms with Crippen LogP contribution in [0.2, 0.25) is 0 Å². The van der Waals surface area contributed by atoms with Crippen LogP contribution < -0.4 is 5.32 Å². The van der Waals surface area contributed by atoms with Gasteiger partial charge in [0, 0.05) is 0 Å². The fourth-order valence-corrected chi connectivity index (χ4v) is 2.73. The standard InChI is InChI=1S/C14H17NO4/c1-8-2-3-10(13(16)17)12(11(8)14(18)19)9-4-6-15-7-5-9/h2-3,9,15H,4-7H2,1H3,(H,16,17)(H,18,19). The van der Waals surface area contributed by atoms with E-state index >= 15 is 0 Å². The minimum atomic E-state index is -1.06. The molecule has 2 rings (SSSR count). The number of rotatable bonds is 3. The van der Waals surface area contributed by atoms with Crippen molar-refractivity contribution in [3.05, 3.63) is 34.4 Å². The molecule has 0 unspecified atom stereocenters. The number of hydrogen-bond donors (Lipinski definition) is 3. The van der Waals surface area contributed by atoms with Crippen LogP contribution in [0.1, 0.15) is 50.6 Å². The van der Waals surface area contributed by atoms with Crippen molar-refractivity contribution in [2.45, 2.75) is 25.7 Å². The van der Waals surface area contributed by atoms with Crippen molar-refractivity contribution < 1.29 is 19.8 Å². The number of carboxylic acid groups (broad SMARTS) is 2. The second kappa shape index (κ2) is 5.40. The minimum absolute atomic E-state index is 0.00153. The SMILES string of the molecule is Cc1ccc(C(=O)O)c(C2CCNCC2)c1C(=O)O. The van der Waals surface area contributed by atoms with Crippen molar-refractivity contribution in [3.63, 3.8) is 0 Å². The highest BCUT2D eigenvalue weighted by Crippen LogP contribution is 2.33. The predicted octanol–water partition coefficient (Wildman–Crippen LogP) is 1.86. The van der Waals surface area contributed by atoms with E-state index in [-0.39, 0.29) is 17.0 Å². The van der Waals surface area contributed by atoms with E-state index in [0.29, 0.717) is 11.1 Å². The Morgan fingerprint density at radius 1 is 1.16 bits per heavy atom. The lowest BCUT2D eigenvalue weighted by atomic mass is 9.82. The molecule has 0 atom stereocenters. The Balaban J connectivity index is 2.61. The first-order valence-electron chi connectivity index (χ1n) is 6.33. The molecule has 0 saturated carbocycles. The summed E-state index contributed by atoms with van der Waals surface area (Å²) in [5, 5.41) is 21.9. The molecule has 102 valence electrons. The van der Waals surface area contributed by atoms with Crippen molar-refractivity contribution in [1.82, 2.24) is 5.32 Å². The summed E-state index contributed by atoms with van der Waals surface area (Å²) in [4.78, 5) is 22.8. The van der Waals surface area contributed by atoms with E-state index in [1.54, 1.807) is 13.0 Å². The van der Waals surface area contributed by atoms with Gasteiger partial charge in [0.25, 0.3) is 0 Å². The molecule has 19 heavy (non-hydrogen) atoms. The maximum Gasteiger partial charge on any atom is 0.336 e. The fraction of sp³-hybridized carbons (Fsp3) is 0.429. The Morgan fingerprint density at radius 2 is 1.79 bits per heavy atom. The molecule has 0 amide bonds. The van der Waals surface area contributed by atoms with Gasteiger partial charge in [0.05, 0.1) is 11.1 Å². The van der Waals surface area contributed by atoms with Gasteiger partial charge in [-0.15, -0.1) is 0 Å². The minimum Gasteiger partial charge on any atom is -0.478 e. The second-order valence-corrected chi connectivity index (χ2v) is 4.85. The summed E-state index contributed by atoms with van der Waals surface area (Å²) in [5.74, 6) is -2.11. The molecule has 0 bridgehead atoms. The monoisotopic (exact) mass is 263 g/mol. The predicted molar refractivity (Wildman–Crippen MR) is 69.9 cm³/mol. The number of nitrogens with one attached hydrogen (secondary N) is 1. The molecule has 1 aliphatic rings. The largest absolute Gasteiger partial charge is 0.478 e. The molecule has 1 saturated heterocycles. The van der Waals surface area contributed by atoms with Crippen LogP contribution in [0.15, 0.2) is 12.1 Å². The normalized spacial score (nSPS) is 16.3. The van der Waals surface area contributed by atoms with Gasteiger partial charge in [0.15, 0.2) is 0 Å². The summed E-state index contributed by atoms with van der Waals surface area (Å²) in [6.07, 6.45) is 1.54. The van der Waals surface area contributed by atoms with E-state index in [1.165, 1.54) is 6.07 Å². The van der Waals surface area contributed by atoms with Gasteiger partial charge >= 0.3 is 11.9 Å². The van der Waals surface area contributed by atoms with Crippen molar-refractivity contribution in [2.75, 3.05) is 13.1 Å². The molecular weight excluding hydrogens is 246 g/mol. The number of aromatic carboxylic acids is 2. The topological polar surface area (TPSA) is 86.6 Å². The average molecular weight is 263 g/mol. The highest BCUT2D eigenvalue weighted by atomic mass is 16.4. The van der Waals surface area contributed by atoms with Crippen LogP contribution >= 0.6 is 0 Å². The van der Waals surface area contributed by atoms with Crippen LogP contribution in [0.5, 0.6) is 0 Å². The third kappa shape index (κ3) is 2.61. The van der Waals surface area contributed by atoms with Crippen molar-refractivity contribution in [3.8, 4) is 0 Å². The third-order valence-electron chi connectivity index (χ3n) is 3.65. The zero-order valence-electron chi connectivity index (χ0n) is 10.8. The average Bonchev–Trinajstić information content (AvgIpc) is 2.38. The Kier molecular flexibility index (Phi) is 3.85.